The molecule has 4 rings (SSSR count). The van der Waals surface area contributed by atoms with Crippen LogP contribution in [0.1, 0.15) is 44.2 Å². The molecule has 1 aliphatic heterocycles. The van der Waals surface area contributed by atoms with E-state index in [1.54, 1.807) is 0 Å². The van der Waals surface area contributed by atoms with Crippen molar-refractivity contribution < 1.29 is 4.79 Å². The van der Waals surface area contributed by atoms with Gasteiger partial charge in [-0.3, -0.25) is 9.69 Å². The molecule has 2 heterocycles. The first-order chi connectivity index (χ1) is 10.7. The molecule has 5 nitrogen and oxygen atoms in total. The Morgan fingerprint density at radius 2 is 2.27 bits per heavy atom. The molecule has 0 unspecified atom stereocenters. The Morgan fingerprint density at radius 3 is 3.00 bits per heavy atom. The number of imidazole rings is 1. The molecule has 5 heteroatoms. The zero-order valence-corrected chi connectivity index (χ0v) is 13.4. The quantitative estimate of drug-likeness (QED) is 0.921. The molecule has 0 bridgehead atoms. The van der Waals surface area contributed by atoms with E-state index in [-0.39, 0.29) is 11.3 Å². The molecule has 2 atom stereocenters. The van der Waals surface area contributed by atoms with Gasteiger partial charge in [0.15, 0.2) is 0 Å². The average Bonchev–Trinajstić information content (AvgIpc) is 2.91. The Labute approximate surface area is 132 Å². The van der Waals surface area contributed by atoms with Crippen LogP contribution < -0.4 is 5.32 Å². The van der Waals surface area contributed by atoms with E-state index in [1.165, 1.54) is 37.8 Å². The lowest BCUT2D eigenvalue weighted by Gasteiger charge is -2.30. The van der Waals surface area contributed by atoms with Crippen molar-refractivity contribution in [2.24, 2.45) is 18.4 Å². The monoisotopic (exact) mass is 302 g/mol. The summed E-state index contributed by atoms with van der Waals surface area (Å²) in [6.07, 6.45) is 10.9. The van der Waals surface area contributed by atoms with Gasteiger partial charge in [-0.25, -0.2) is 4.98 Å². The van der Waals surface area contributed by atoms with Crippen molar-refractivity contribution in [2.75, 3.05) is 13.1 Å². The summed E-state index contributed by atoms with van der Waals surface area (Å²) in [5.74, 6) is 0.576. The van der Waals surface area contributed by atoms with E-state index in [2.05, 4.69) is 26.8 Å². The predicted molar refractivity (Wildman–Crippen MR) is 84.0 cm³/mol. The van der Waals surface area contributed by atoms with Crippen LogP contribution in [0.4, 0.5) is 0 Å². The second-order valence-electron chi connectivity index (χ2n) is 7.55. The van der Waals surface area contributed by atoms with Gasteiger partial charge in [0.25, 0.3) is 0 Å². The van der Waals surface area contributed by atoms with Gasteiger partial charge in [0, 0.05) is 38.3 Å². The third-order valence-corrected chi connectivity index (χ3v) is 5.91. The molecular formula is C17H26N4O. The zero-order valence-electron chi connectivity index (χ0n) is 13.4. The molecule has 3 fully saturated rings. The lowest BCUT2D eigenvalue weighted by molar-refractivity contribution is -0.128. The van der Waals surface area contributed by atoms with Crippen LogP contribution in [0.5, 0.6) is 0 Å². The summed E-state index contributed by atoms with van der Waals surface area (Å²) in [4.78, 5) is 19.3. The highest BCUT2D eigenvalue weighted by atomic mass is 16.2. The summed E-state index contributed by atoms with van der Waals surface area (Å²) in [6, 6.07) is 0.483. The Morgan fingerprint density at radius 1 is 1.41 bits per heavy atom. The molecule has 3 aliphatic rings. The summed E-state index contributed by atoms with van der Waals surface area (Å²) >= 11 is 0. The molecule has 1 saturated heterocycles. The Bertz CT molecular complexity index is 565. The van der Waals surface area contributed by atoms with Gasteiger partial charge in [-0.05, 0) is 44.1 Å². The summed E-state index contributed by atoms with van der Waals surface area (Å²) in [5.41, 5.74) is 1.49. The van der Waals surface area contributed by atoms with Crippen molar-refractivity contribution in [3.8, 4) is 0 Å². The summed E-state index contributed by atoms with van der Waals surface area (Å²) in [5, 5.41) is 3.24. The Kier molecular flexibility index (Phi) is 3.48. The molecule has 22 heavy (non-hydrogen) atoms. The van der Waals surface area contributed by atoms with Crippen LogP contribution in [0.25, 0.3) is 0 Å². The van der Waals surface area contributed by atoms with E-state index >= 15 is 0 Å². The number of carbonyl (C=O) groups is 1. The first-order valence-electron chi connectivity index (χ1n) is 8.64. The third kappa shape index (κ3) is 2.56. The van der Waals surface area contributed by atoms with E-state index in [9.17, 15) is 4.79 Å². The first kappa shape index (κ1) is 14.2. The molecular weight excluding hydrogens is 276 g/mol. The fourth-order valence-electron chi connectivity index (χ4n) is 4.45. The van der Waals surface area contributed by atoms with Gasteiger partial charge in [-0.2, -0.15) is 0 Å². The second-order valence-corrected chi connectivity index (χ2v) is 7.55. The van der Waals surface area contributed by atoms with E-state index in [0.29, 0.717) is 11.9 Å². The highest BCUT2D eigenvalue weighted by molar-refractivity contribution is 5.80. The fourth-order valence-corrected chi connectivity index (χ4v) is 4.45. The second kappa shape index (κ2) is 5.37. The van der Waals surface area contributed by atoms with Crippen molar-refractivity contribution in [1.82, 2.24) is 19.8 Å². The smallest absolute Gasteiger partial charge is 0.223 e. The molecule has 0 radical (unpaired) electrons. The van der Waals surface area contributed by atoms with Crippen LogP contribution in [0.2, 0.25) is 0 Å². The van der Waals surface area contributed by atoms with E-state index < -0.39 is 0 Å². The molecule has 0 aromatic carbocycles. The fraction of sp³-hybridized carbons (Fsp3) is 0.765. The van der Waals surface area contributed by atoms with Crippen LogP contribution in [-0.2, 0) is 18.4 Å². The molecule has 1 spiro atoms. The van der Waals surface area contributed by atoms with Crippen LogP contribution in [0.3, 0.4) is 0 Å². The zero-order chi connectivity index (χ0) is 15.2. The van der Waals surface area contributed by atoms with Gasteiger partial charge in [-0.15, -0.1) is 0 Å². The number of likely N-dealkylation sites (tertiary alicyclic amines) is 1. The van der Waals surface area contributed by atoms with Crippen molar-refractivity contribution in [3.05, 3.63) is 18.2 Å². The number of carbonyl (C=O) groups excluding carboxylic acids is 1. The van der Waals surface area contributed by atoms with E-state index in [4.69, 9.17) is 0 Å². The largest absolute Gasteiger partial charge is 0.353 e. The maximum Gasteiger partial charge on any atom is 0.223 e. The SMILES string of the molecule is Cn1cncc1CN1CC[C@]2(CCC[C@H]2C(=O)NC2CC2)C1. The van der Waals surface area contributed by atoms with Crippen LogP contribution in [0, 0.1) is 11.3 Å². The van der Waals surface area contributed by atoms with E-state index in [1.807, 2.05) is 12.5 Å². The third-order valence-electron chi connectivity index (χ3n) is 5.91. The Hall–Kier alpha value is -1.36. The van der Waals surface area contributed by atoms with Gasteiger partial charge < -0.3 is 9.88 Å². The first-order valence-corrected chi connectivity index (χ1v) is 8.64. The van der Waals surface area contributed by atoms with Crippen LogP contribution >= 0.6 is 0 Å². The number of nitrogens with zero attached hydrogens (tertiary/aromatic N) is 3. The molecule has 1 N–H and O–H groups in total. The number of nitrogens with one attached hydrogen (secondary N) is 1. The molecule has 2 saturated carbocycles. The van der Waals surface area contributed by atoms with E-state index in [0.717, 1.165) is 26.1 Å². The van der Waals surface area contributed by atoms with Gasteiger partial charge in [0.05, 0.1) is 12.0 Å². The standard InChI is InChI=1S/C17H26N4O/c1-20-12-18-9-14(20)10-21-8-7-17(11-21)6-2-3-15(17)16(22)19-13-4-5-13/h9,12-13,15H,2-8,10-11H2,1H3,(H,19,22)/t15-,17+/m0/s1. The maximum absolute atomic E-state index is 12.6. The Balaban J connectivity index is 1.43. The minimum atomic E-state index is 0.234. The minimum Gasteiger partial charge on any atom is -0.353 e. The van der Waals surface area contributed by atoms with Gasteiger partial charge in [0.2, 0.25) is 5.91 Å². The van der Waals surface area contributed by atoms with Crippen molar-refractivity contribution in [2.45, 2.75) is 51.1 Å². The number of aryl methyl sites for hydroxylation is 1. The van der Waals surface area contributed by atoms with Crippen molar-refractivity contribution in [1.29, 1.82) is 0 Å². The number of rotatable bonds is 4. The van der Waals surface area contributed by atoms with Crippen LogP contribution in [0.15, 0.2) is 12.5 Å². The lowest BCUT2D eigenvalue weighted by atomic mass is 9.76. The summed E-state index contributed by atoms with van der Waals surface area (Å²) < 4.78 is 2.09. The number of hydrogen-bond acceptors (Lipinski definition) is 3. The highest BCUT2D eigenvalue weighted by Crippen LogP contribution is 2.50. The lowest BCUT2D eigenvalue weighted by Crippen LogP contribution is -2.41. The molecule has 1 amide bonds. The number of hydrogen-bond donors (Lipinski definition) is 1. The maximum atomic E-state index is 12.6. The number of aromatic nitrogens is 2. The summed E-state index contributed by atoms with van der Waals surface area (Å²) in [7, 11) is 2.05. The average molecular weight is 302 g/mol. The molecule has 1 aromatic heterocycles. The molecule has 2 aliphatic carbocycles. The predicted octanol–water partition coefficient (Wildman–Crippen LogP) is 1.69. The van der Waals surface area contributed by atoms with Crippen molar-refractivity contribution >= 4 is 5.91 Å². The van der Waals surface area contributed by atoms with Gasteiger partial charge in [-0.1, -0.05) is 6.42 Å². The minimum absolute atomic E-state index is 0.234. The van der Waals surface area contributed by atoms with Gasteiger partial charge in [0.1, 0.15) is 0 Å². The molecule has 1 aromatic rings. The molecule has 120 valence electrons. The topological polar surface area (TPSA) is 50.2 Å². The van der Waals surface area contributed by atoms with Gasteiger partial charge >= 0.3 is 0 Å². The van der Waals surface area contributed by atoms with Crippen molar-refractivity contribution in [3.63, 3.8) is 0 Å². The van der Waals surface area contributed by atoms with Crippen LogP contribution in [-0.4, -0.2) is 39.5 Å². The highest BCUT2D eigenvalue weighted by Gasteiger charge is 2.50. The summed E-state index contributed by atoms with van der Waals surface area (Å²) in [6.45, 7) is 3.13. The number of amides is 1. The normalized spacial score (nSPS) is 32.0.